The Balaban J connectivity index is 1.53. The van der Waals surface area contributed by atoms with E-state index in [-0.39, 0.29) is 11.7 Å². The van der Waals surface area contributed by atoms with Gasteiger partial charge in [-0.1, -0.05) is 12.1 Å². The minimum atomic E-state index is -0.193. The molecule has 1 amide bonds. The molecular formula is C20H20FNOS. The minimum Gasteiger partial charge on any atom is -0.333 e. The molecule has 2 aromatic carbocycles. The second-order valence-corrected chi connectivity index (χ2v) is 7.38. The van der Waals surface area contributed by atoms with Gasteiger partial charge in [-0.25, -0.2) is 4.39 Å². The van der Waals surface area contributed by atoms with Crippen LogP contribution in [0.15, 0.2) is 53.4 Å². The maximum absolute atomic E-state index is 13.1. The zero-order valence-electron chi connectivity index (χ0n) is 13.4. The summed E-state index contributed by atoms with van der Waals surface area (Å²) in [6.07, 6.45) is 4.08. The van der Waals surface area contributed by atoms with E-state index in [1.807, 2.05) is 36.4 Å². The van der Waals surface area contributed by atoms with Gasteiger partial charge in [0.25, 0.3) is 5.91 Å². The van der Waals surface area contributed by atoms with Crippen LogP contribution >= 0.6 is 12.6 Å². The van der Waals surface area contributed by atoms with Crippen molar-refractivity contribution in [3.63, 3.8) is 0 Å². The number of rotatable bonds is 2. The molecule has 4 heteroatoms. The predicted octanol–water partition coefficient (Wildman–Crippen LogP) is 4.67. The number of piperidine rings is 1. The number of benzene rings is 2. The average molecular weight is 341 g/mol. The molecule has 2 nitrogen and oxygen atoms in total. The molecule has 2 unspecified atom stereocenters. The van der Waals surface area contributed by atoms with E-state index in [2.05, 4.69) is 17.5 Å². The maximum atomic E-state index is 13.1. The van der Waals surface area contributed by atoms with Gasteiger partial charge < -0.3 is 4.90 Å². The van der Waals surface area contributed by atoms with Gasteiger partial charge in [-0.05, 0) is 73.6 Å². The topological polar surface area (TPSA) is 20.3 Å². The van der Waals surface area contributed by atoms with Crippen LogP contribution in [-0.2, 0) is 0 Å². The maximum Gasteiger partial charge on any atom is 0.254 e. The van der Waals surface area contributed by atoms with Crippen molar-refractivity contribution < 1.29 is 9.18 Å². The van der Waals surface area contributed by atoms with Crippen molar-refractivity contribution in [2.24, 2.45) is 0 Å². The van der Waals surface area contributed by atoms with Crippen molar-refractivity contribution in [3.05, 3.63) is 65.5 Å². The SMILES string of the molecule is O=C(c1ccc(S)cc1)N1C2CCC1CC(c1ccc(F)cc1)C2. The van der Waals surface area contributed by atoms with Crippen molar-refractivity contribution in [1.82, 2.24) is 4.90 Å². The number of hydrogen-bond donors (Lipinski definition) is 1. The number of carbonyl (C=O) groups is 1. The van der Waals surface area contributed by atoms with Gasteiger partial charge in [0.15, 0.2) is 0 Å². The van der Waals surface area contributed by atoms with E-state index in [0.29, 0.717) is 18.0 Å². The number of nitrogens with zero attached hydrogens (tertiary/aromatic N) is 1. The van der Waals surface area contributed by atoms with Crippen molar-refractivity contribution in [1.29, 1.82) is 0 Å². The highest BCUT2D eigenvalue weighted by Crippen LogP contribution is 2.43. The van der Waals surface area contributed by atoms with Crippen LogP contribution in [0.5, 0.6) is 0 Å². The fourth-order valence-electron chi connectivity index (χ4n) is 4.27. The van der Waals surface area contributed by atoms with Crippen LogP contribution in [0.1, 0.15) is 47.5 Å². The van der Waals surface area contributed by atoms with Crippen LogP contribution in [0.25, 0.3) is 0 Å². The molecule has 2 bridgehead atoms. The molecule has 0 aliphatic carbocycles. The fourth-order valence-corrected chi connectivity index (χ4v) is 4.42. The predicted molar refractivity (Wildman–Crippen MR) is 95.0 cm³/mol. The molecule has 4 rings (SSSR count). The van der Waals surface area contributed by atoms with E-state index in [1.54, 1.807) is 0 Å². The molecule has 0 radical (unpaired) electrons. The summed E-state index contributed by atoms with van der Waals surface area (Å²) >= 11 is 4.28. The average Bonchev–Trinajstić information content (AvgIpc) is 2.85. The Morgan fingerprint density at radius 3 is 2.12 bits per heavy atom. The zero-order chi connectivity index (χ0) is 16.7. The van der Waals surface area contributed by atoms with E-state index in [1.165, 1.54) is 17.7 Å². The van der Waals surface area contributed by atoms with Gasteiger partial charge >= 0.3 is 0 Å². The number of carbonyl (C=O) groups excluding carboxylic acids is 1. The van der Waals surface area contributed by atoms with E-state index >= 15 is 0 Å². The monoisotopic (exact) mass is 341 g/mol. The molecule has 2 aliphatic rings. The van der Waals surface area contributed by atoms with Crippen LogP contribution in [0.4, 0.5) is 4.39 Å². The highest BCUT2D eigenvalue weighted by molar-refractivity contribution is 7.80. The third-order valence-electron chi connectivity index (χ3n) is 5.42. The molecule has 2 fully saturated rings. The van der Waals surface area contributed by atoms with Crippen molar-refractivity contribution in [3.8, 4) is 0 Å². The largest absolute Gasteiger partial charge is 0.333 e. The van der Waals surface area contributed by atoms with Gasteiger partial charge in [0, 0.05) is 22.5 Å². The summed E-state index contributed by atoms with van der Waals surface area (Å²) in [5, 5.41) is 0. The first-order valence-electron chi connectivity index (χ1n) is 8.49. The van der Waals surface area contributed by atoms with Crippen LogP contribution in [0.2, 0.25) is 0 Å². The van der Waals surface area contributed by atoms with Crippen molar-refractivity contribution in [2.45, 2.75) is 48.6 Å². The molecule has 0 aromatic heterocycles. The number of amides is 1. The second kappa shape index (κ2) is 6.25. The van der Waals surface area contributed by atoms with Crippen LogP contribution < -0.4 is 0 Å². The number of fused-ring (bicyclic) bond motifs is 2. The zero-order valence-corrected chi connectivity index (χ0v) is 14.3. The summed E-state index contributed by atoms with van der Waals surface area (Å²) in [4.78, 5) is 15.9. The van der Waals surface area contributed by atoms with Crippen LogP contribution in [0.3, 0.4) is 0 Å². The van der Waals surface area contributed by atoms with Crippen molar-refractivity contribution >= 4 is 18.5 Å². The number of thiol groups is 1. The highest BCUT2D eigenvalue weighted by Gasteiger charge is 2.43. The van der Waals surface area contributed by atoms with Crippen LogP contribution in [-0.4, -0.2) is 22.9 Å². The molecule has 2 saturated heterocycles. The van der Waals surface area contributed by atoms with Crippen molar-refractivity contribution in [2.75, 3.05) is 0 Å². The lowest BCUT2D eigenvalue weighted by Crippen LogP contribution is -2.46. The minimum absolute atomic E-state index is 0.133. The first-order valence-corrected chi connectivity index (χ1v) is 8.93. The molecule has 2 atom stereocenters. The van der Waals surface area contributed by atoms with Gasteiger partial charge in [-0.3, -0.25) is 4.79 Å². The molecule has 24 heavy (non-hydrogen) atoms. The first-order chi connectivity index (χ1) is 11.6. The molecule has 2 aliphatic heterocycles. The first kappa shape index (κ1) is 15.7. The molecule has 2 aromatic rings. The molecule has 0 saturated carbocycles. The second-order valence-electron chi connectivity index (χ2n) is 6.86. The van der Waals surface area contributed by atoms with Gasteiger partial charge in [-0.2, -0.15) is 0 Å². The smallest absolute Gasteiger partial charge is 0.254 e. The van der Waals surface area contributed by atoms with Gasteiger partial charge in [0.2, 0.25) is 0 Å². The standard InChI is InChI=1S/C20H20FNOS/c21-16-5-1-13(2-6-16)15-11-17-7-8-18(12-15)22(17)20(23)14-3-9-19(24)10-4-14/h1-6,9-10,15,17-18,24H,7-8,11-12H2. The normalized spacial score (nSPS) is 25.8. The summed E-state index contributed by atoms with van der Waals surface area (Å²) in [5.41, 5.74) is 1.93. The molecule has 0 spiro atoms. The fraction of sp³-hybridized carbons (Fsp3) is 0.350. The third-order valence-corrected chi connectivity index (χ3v) is 5.72. The number of halogens is 1. The Bertz CT molecular complexity index is 729. The lowest BCUT2D eigenvalue weighted by Gasteiger charge is -2.39. The Morgan fingerprint density at radius 2 is 1.54 bits per heavy atom. The van der Waals surface area contributed by atoms with E-state index in [0.717, 1.165) is 36.1 Å². The summed E-state index contributed by atoms with van der Waals surface area (Å²) in [6, 6.07) is 14.9. The Labute approximate surface area is 147 Å². The molecular weight excluding hydrogens is 321 g/mol. The summed E-state index contributed by atoms with van der Waals surface area (Å²) in [7, 11) is 0. The van der Waals surface area contributed by atoms with Gasteiger partial charge in [-0.15, -0.1) is 12.6 Å². The molecule has 124 valence electrons. The van der Waals surface area contributed by atoms with E-state index in [4.69, 9.17) is 0 Å². The Morgan fingerprint density at radius 1 is 0.958 bits per heavy atom. The van der Waals surface area contributed by atoms with E-state index in [9.17, 15) is 9.18 Å². The van der Waals surface area contributed by atoms with Crippen LogP contribution in [0, 0.1) is 5.82 Å². The van der Waals surface area contributed by atoms with Gasteiger partial charge in [0.05, 0.1) is 0 Å². The van der Waals surface area contributed by atoms with E-state index < -0.39 is 0 Å². The lowest BCUT2D eigenvalue weighted by atomic mass is 9.85. The summed E-state index contributed by atoms with van der Waals surface area (Å²) in [6.45, 7) is 0. The highest BCUT2D eigenvalue weighted by atomic mass is 32.1. The van der Waals surface area contributed by atoms with Gasteiger partial charge in [0.1, 0.15) is 5.82 Å². The summed E-state index contributed by atoms with van der Waals surface area (Å²) in [5.74, 6) is 0.363. The Kier molecular flexibility index (Phi) is 4.09. The quantitative estimate of drug-likeness (QED) is 0.788. The lowest BCUT2D eigenvalue weighted by molar-refractivity contribution is 0.0571. The molecule has 0 N–H and O–H groups in total. The number of hydrogen-bond acceptors (Lipinski definition) is 2. The molecule has 2 heterocycles. The summed E-state index contributed by atoms with van der Waals surface area (Å²) < 4.78 is 13.1. The third kappa shape index (κ3) is 2.84. The Hall–Kier alpha value is -1.81.